The molecule has 0 aliphatic heterocycles. The van der Waals surface area contributed by atoms with Gasteiger partial charge in [-0.25, -0.2) is 9.78 Å². The molecule has 1 heterocycles. The van der Waals surface area contributed by atoms with Crippen molar-refractivity contribution in [3.8, 4) is 0 Å². The third-order valence-corrected chi connectivity index (χ3v) is 1.81. The number of carboxylic acid groups (broad SMARTS) is 1. The second-order valence-corrected chi connectivity index (χ2v) is 3.03. The van der Waals surface area contributed by atoms with E-state index in [0.717, 1.165) is 5.69 Å². The molecule has 1 rings (SSSR count). The summed E-state index contributed by atoms with van der Waals surface area (Å²) in [5.74, 6) is -0.585. The summed E-state index contributed by atoms with van der Waals surface area (Å²) in [7, 11) is 1.71. The number of aromatic carboxylic acids is 1. The molecule has 1 aromatic rings. The van der Waals surface area contributed by atoms with Gasteiger partial charge in [-0.2, -0.15) is 0 Å². The van der Waals surface area contributed by atoms with Crippen LogP contribution in [0.3, 0.4) is 0 Å². The van der Waals surface area contributed by atoms with E-state index in [-0.39, 0.29) is 5.82 Å². The van der Waals surface area contributed by atoms with E-state index in [1.54, 1.807) is 17.8 Å². The Morgan fingerprint density at radius 2 is 2.25 bits per heavy atom. The molecule has 0 fully saturated rings. The van der Waals surface area contributed by atoms with Crippen LogP contribution in [0.15, 0.2) is 6.20 Å². The molecule has 4 heteroatoms. The highest BCUT2D eigenvalue weighted by Crippen LogP contribution is 2.14. The molecule has 0 radical (unpaired) electrons. The van der Waals surface area contributed by atoms with Crippen LogP contribution < -0.4 is 0 Å². The van der Waals surface area contributed by atoms with Crippen LogP contribution in [0.2, 0.25) is 0 Å². The zero-order valence-corrected chi connectivity index (χ0v) is 7.40. The van der Waals surface area contributed by atoms with Crippen LogP contribution in [0.5, 0.6) is 0 Å². The SMILES string of the molecule is CC(C)c1cnc(C(=O)O)n1C. The average Bonchev–Trinajstić information content (AvgIpc) is 2.30. The van der Waals surface area contributed by atoms with Gasteiger partial charge >= 0.3 is 5.97 Å². The number of hydrogen-bond acceptors (Lipinski definition) is 2. The van der Waals surface area contributed by atoms with Crippen molar-refractivity contribution in [2.24, 2.45) is 7.05 Å². The van der Waals surface area contributed by atoms with Crippen LogP contribution in [0.4, 0.5) is 0 Å². The predicted octanol–water partition coefficient (Wildman–Crippen LogP) is 1.24. The smallest absolute Gasteiger partial charge is 0.372 e. The zero-order chi connectivity index (χ0) is 9.30. The summed E-state index contributed by atoms with van der Waals surface area (Å²) in [5, 5.41) is 8.68. The lowest BCUT2D eigenvalue weighted by molar-refractivity contribution is 0.0679. The van der Waals surface area contributed by atoms with Gasteiger partial charge in [0.25, 0.3) is 0 Å². The third kappa shape index (κ3) is 1.32. The summed E-state index contributed by atoms with van der Waals surface area (Å²) < 4.78 is 1.60. The topological polar surface area (TPSA) is 55.1 Å². The standard InChI is InChI=1S/C8H12N2O2/c1-5(2)6-4-9-7(8(11)12)10(6)3/h4-5H,1-3H3,(H,11,12). The van der Waals surface area contributed by atoms with Crippen LogP contribution in [0, 0.1) is 0 Å². The molecule has 0 saturated carbocycles. The van der Waals surface area contributed by atoms with E-state index >= 15 is 0 Å². The van der Waals surface area contributed by atoms with Crippen molar-refractivity contribution in [3.63, 3.8) is 0 Å². The summed E-state index contributed by atoms with van der Waals surface area (Å²) in [4.78, 5) is 14.4. The maximum Gasteiger partial charge on any atom is 0.372 e. The van der Waals surface area contributed by atoms with E-state index in [9.17, 15) is 4.79 Å². The predicted molar refractivity (Wildman–Crippen MR) is 44.3 cm³/mol. The third-order valence-electron chi connectivity index (χ3n) is 1.81. The maximum atomic E-state index is 10.6. The normalized spacial score (nSPS) is 10.7. The number of nitrogens with zero attached hydrogens (tertiary/aromatic N) is 2. The molecule has 0 spiro atoms. The fourth-order valence-corrected chi connectivity index (χ4v) is 1.16. The molecule has 0 unspecified atom stereocenters. The summed E-state index contributed by atoms with van der Waals surface area (Å²) >= 11 is 0. The first-order chi connectivity index (χ1) is 5.54. The second kappa shape index (κ2) is 2.97. The van der Waals surface area contributed by atoms with Gasteiger partial charge in [0.2, 0.25) is 5.82 Å². The van der Waals surface area contributed by atoms with Crippen molar-refractivity contribution < 1.29 is 9.90 Å². The minimum Gasteiger partial charge on any atom is -0.475 e. The van der Waals surface area contributed by atoms with Gasteiger partial charge in [0.15, 0.2) is 0 Å². The lowest BCUT2D eigenvalue weighted by Crippen LogP contribution is -2.08. The van der Waals surface area contributed by atoms with E-state index in [1.807, 2.05) is 13.8 Å². The molecule has 12 heavy (non-hydrogen) atoms. The van der Waals surface area contributed by atoms with Crippen molar-refractivity contribution in [1.82, 2.24) is 9.55 Å². The Balaban J connectivity index is 3.13. The van der Waals surface area contributed by atoms with Gasteiger partial charge in [0.1, 0.15) is 0 Å². The number of carboxylic acids is 1. The fourth-order valence-electron chi connectivity index (χ4n) is 1.16. The minimum absolute atomic E-state index is 0.0960. The largest absolute Gasteiger partial charge is 0.475 e. The molecule has 0 aromatic carbocycles. The van der Waals surface area contributed by atoms with Crippen LogP contribution in [-0.4, -0.2) is 20.6 Å². The Morgan fingerprint density at radius 1 is 1.67 bits per heavy atom. The highest BCUT2D eigenvalue weighted by atomic mass is 16.4. The molecule has 0 aliphatic rings. The number of aromatic nitrogens is 2. The van der Waals surface area contributed by atoms with Crippen LogP contribution in [0.1, 0.15) is 36.1 Å². The van der Waals surface area contributed by atoms with Gasteiger partial charge in [-0.05, 0) is 5.92 Å². The first-order valence-electron chi connectivity index (χ1n) is 3.79. The summed E-state index contributed by atoms with van der Waals surface area (Å²) in [5.41, 5.74) is 0.937. The summed E-state index contributed by atoms with van der Waals surface area (Å²) in [6.07, 6.45) is 1.61. The molecule has 0 amide bonds. The van der Waals surface area contributed by atoms with Gasteiger partial charge in [0, 0.05) is 18.9 Å². The van der Waals surface area contributed by atoms with Crippen LogP contribution >= 0.6 is 0 Å². The molecule has 66 valence electrons. The van der Waals surface area contributed by atoms with Gasteiger partial charge in [-0.15, -0.1) is 0 Å². The first kappa shape index (κ1) is 8.77. The Morgan fingerprint density at radius 3 is 2.50 bits per heavy atom. The van der Waals surface area contributed by atoms with Crippen molar-refractivity contribution in [2.75, 3.05) is 0 Å². The lowest BCUT2D eigenvalue weighted by Gasteiger charge is -2.05. The van der Waals surface area contributed by atoms with Crippen molar-refractivity contribution in [2.45, 2.75) is 19.8 Å². The van der Waals surface area contributed by atoms with Crippen molar-refractivity contribution in [1.29, 1.82) is 0 Å². The molecule has 0 saturated heterocycles. The molecule has 0 atom stereocenters. The number of rotatable bonds is 2. The molecule has 4 nitrogen and oxygen atoms in total. The van der Waals surface area contributed by atoms with E-state index in [2.05, 4.69) is 4.98 Å². The lowest BCUT2D eigenvalue weighted by atomic mass is 10.1. The fraction of sp³-hybridized carbons (Fsp3) is 0.500. The summed E-state index contributed by atoms with van der Waals surface area (Å²) in [6.45, 7) is 4.01. The number of imidazole rings is 1. The minimum atomic E-state index is -0.982. The maximum absolute atomic E-state index is 10.6. The molecule has 1 aromatic heterocycles. The monoisotopic (exact) mass is 168 g/mol. The average molecular weight is 168 g/mol. The van der Waals surface area contributed by atoms with E-state index in [1.165, 1.54) is 0 Å². The molecular formula is C8H12N2O2. The zero-order valence-electron chi connectivity index (χ0n) is 7.40. The van der Waals surface area contributed by atoms with E-state index in [4.69, 9.17) is 5.11 Å². The Bertz CT molecular complexity index is 302. The van der Waals surface area contributed by atoms with Crippen LogP contribution in [0.25, 0.3) is 0 Å². The van der Waals surface area contributed by atoms with Crippen molar-refractivity contribution >= 4 is 5.97 Å². The van der Waals surface area contributed by atoms with Gasteiger partial charge in [0.05, 0.1) is 0 Å². The van der Waals surface area contributed by atoms with E-state index < -0.39 is 5.97 Å². The highest BCUT2D eigenvalue weighted by Gasteiger charge is 2.14. The summed E-state index contributed by atoms with van der Waals surface area (Å²) in [6, 6.07) is 0. The van der Waals surface area contributed by atoms with Gasteiger partial charge in [-0.1, -0.05) is 13.8 Å². The molecular weight excluding hydrogens is 156 g/mol. The Hall–Kier alpha value is -1.32. The number of carbonyl (C=O) groups is 1. The molecule has 1 N–H and O–H groups in total. The van der Waals surface area contributed by atoms with Gasteiger partial charge < -0.3 is 9.67 Å². The van der Waals surface area contributed by atoms with Crippen LogP contribution in [-0.2, 0) is 7.05 Å². The Labute approximate surface area is 70.9 Å². The quantitative estimate of drug-likeness (QED) is 0.722. The molecule has 0 bridgehead atoms. The van der Waals surface area contributed by atoms with E-state index in [0.29, 0.717) is 5.92 Å². The first-order valence-corrected chi connectivity index (χ1v) is 3.79. The Kier molecular flexibility index (Phi) is 2.17. The van der Waals surface area contributed by atoms with Crippen molar-refractivity contribution in [3.05, 3.63) is 17.7 Å². The highest BCUT2D eigenvalue weighted by molar-refractivity contribution is 5.83. The number of hydrogen-bond donors (Lipinski definition) is 1. The molecule has 0 aliphatic carbocycles. The van der Waals surface area contributed by atoms with Gasteiger partial charge in [-0.3, -0.25) is 0 Å². The second-order valence-electron chi connectivity index (χ2n) is 3.03.